The van der Waals surface area contributed by atoms with Crippen LogP contribution in [0.1, 0.15) is 46.5 Å². The molecule has 0 aliphatic carbocycles. The van der Waals surface area contributed by atoms with Gasteiger partial charge in [0.25, 0.3) is 0 Å². The average Bonchev–Trinajstić information content (AvgIpc) is 2.03. The summed E-state index contributed by atoms with van der Waals surface area (Å²) in [7, 11) is 0. The molecule has 0 heterocycles. The molecule has 0 saturated carbocycles. The monoisotopic (exact) mass is 174 g/mol. The lowest BCUT2D eigenvalue weighted by atomic mass is 10.1. The zero-order valence-corrected chi connectivity index (χ0v) is 8.55. The van der Waals surface area contributed by atoms with Crippen LogP contribution in [0.15, 0.2) is 0 Å². The van der Waals surface area contributed by atoms with E-state index in [1.165, 1.54) is 0 Å². The van der Waals surface area contributed by atoms with Gasteiger partial charge in [0.15, 0.2) is 0 Å². The molecule has 0 rings (SSSR count). The maximum atomic E-state index is 9.23. The van der Waals surface area contributed by atoms with Gasteiger partial charge in [-0.1, -0.05) is 6.92 Å². The summed E-state index contributed by atoms with van der Waals surface area (Å²) in [5, 5.41) is 9.23. The summed E-state index contributed by atoms with van der Waals surface area (Å²) in [6.45, 7) is 6.92. The number of ether oxygens (including phenoxy) is 1. The van der Waals surface area contributed by atoms with Gasteiger partial charge in [-0.2, -0.15) is 0 Å². The average molecular weight is 174 g/mol. The number of rotatable bonds is 7. The molecule has 0 bridgehead atoms. The topological polar surface area (TPSA) is 29.5 Å². The quantitative estimate of drug-likeness (QED) is 0.600. The molecular weight excluding hydrogens is 152 g/mol. The van der Waals surface area contributed by atoms with Crippen LogP contribution in [-0.4, -0.2) is 23.9 Å². The molecule has 0 fully saturated rings. The van der Waals surface area contributed by atoms with E-state index in [1.807, 2.05) is 20.8 Å². The van der Waals surface area contributed by atoms with Gasteiger partial charge in [0.2, 0.25) is 0 Å². The van der Waals surface area contributed by atoms with E-state index in [4.69, 9.17) is 4.74 Å². The van der Waals surface area contributed by atoms with Gasteiger partial charge < -0.3 is 9.84 Å². The molecule has 0 saturated heterocycles. The molecule has 0 aliphatic rings. The normalized spacial score (nSPS) is 13.8. The Kier molecular flexibility index (Phi) is 7.51. The summed E-state index contributed by atoms with van der Waals surface area (Å²) >= 11 is 0. The molecule has 2 nitrogen and oxygen atoms in total. The summed E-state index contributed by atoms with van der Waals surface area (Å²) < 4.78 is 5.38. The highest BCUT2D eigenvalue weighted by Gasteiger charge is 1.99. The Morgan fingerprint density at radius 3 is 2.42 bits per heavy atom. The Hall–Kier alpha value is -0.0800. The fourth-order valence-electron chi connectivity index (χ4n) is 1.01. The van der Waals surface area contributed by atoms with Crippen molar-refractivity contribution in [1.82, 2.24) is 0 Å². The van der Waals surface area contributed by atoms with Gasteiger partial charge in [-0.3, -0.25) is 0 Å². The lowest BCUT2D eigenvalue weighted by Crippen LogP contribution is -2.07. The van der Waals surface area contributed by atoms with Crippen LogP contribution >= 0.6 is 0 Å². The highest BCUT2D eigenvalue weighted by atomic mass is 16.5. The molecule has 0 aromatic rings. The van der Waals surface area contributed by atoms with Crippen LogP contribution in [0.5, 0.6) is 0 Å². The zero-order valence-electron chi connectivity index (χ0n) is 8.55. The van der Waals surface area contributed by atoms with Crippen LogP contribution in [0.4, 0.5) is 0 Å². The van der Waals surface area contributed by atoms with Crippen LogP contribution in [0.3, 0.4) is 0 Å². The molecule has 0 spiro atoms. The Morgan fingerprint density at radius 2 is 1.92 bits per heavy atom. The molecule has 1 N–H and O–H groups in total. The van der Waals surface area contributed by atoms with E-state index in [2.05, 4.69) is 0 Å². The first kappa shape index (κ1) is 11.9. The highest BCUT2D eigenvalue weighted by molar-refractivity contribution is 4.52. The van der Waals surface area contributed by atoms with Gasteiger partial charge in [-0.15, -0.1) is 0 Å². The number of aliphatic hydroxyl groups is 1. The lowest BCUT2D eigenvalue weighted by molar-refractivity contribution is 0.0723. The van der Waals surface area contributed by atoms with Gasteiger partial charge in [0, 0.05) is 6.61 Å². The van der Waals surface area contributed by atoms with Crippen LogP contribution < -0.4 is 0 Å². The molecule has 12 heavy (non-hydrogen) atoms. The third-order valence-electron chi connectivity index (χ3n) is 1.85. The molecule has 0 radical (unpaired) electrons. The van der Waals surface area contributed by atoms with Crippen molar-refractivity contribution in [2.45, 2.75) is 58.7 Å². The molecular formula is C10H22O2. The minimum atomic E-state index is -0.107. The summed E-state index contributed by atoms with van der Waals surface area (Å²) in [4.78, 5) is 0. The molecule has 0 aromatic heterocycles. The minimum absolute atomic E-state index is 0.107. The summed E-state index contributed by atoms with van der Waals surface area (Å²) in [6.07, 6.45) is 4.14. The van der Waals surface area contributed by atoms with E-state index in [9.17, 15) is 5.11 Å². The first-order valence-electron chi connectivity index (χ1n) is 4.96. The molecule has 0 unspecified atom stereocenters. The summed E-state index contributed by atoms with van der Waals surface area (Å²) in [5.41, 5.74) is 0. The van der Waals surface area contributed by atoms with Crippen LogP contribution in [0.25, 0.3) is 0 Å². The van der Waals surface area contributed by atoms with Crippen LogP contribution in [-0.2, 0) is 4.74 Å². The van der Waals surface area contributed by atoms with Crippen molar-refractivity contribution in [2.75, 3.05) is 6.61 Å². The van der Waals surface area contributed by atoms with E-state index in [0.29, 0.717) is 6.10 Å². The fourth-order valence-corrected chi connectivity index (χ4v) is 1.01. The molecule has 2 heteroatoms. The second-order valence-corrected chi connectivity index (χ2v) is 3.48. The van der Waals surface area contributed by atoms with E-state index in [0.717, 1.165) is 32.3 Å². The predicted octanol–water partition coefficient (Wildman–Crippen LogP) is 2.35. The lowest BCUT2D eigenvalue weighted by Gasteiger charge is -2.09. The smallest absolute Gasteiger partial charge is 0.0537 e. The fraction of sp³-hybridized carbons (Fsp3) is 1.00. The third-order valence-corrected chi connectivity index (χ3v) is 1.85. The maximum Gasteiger partial charge on any atom is 0.0537 e. The maximum absolute atomic E-state index is 9.23. The number of unbranched alkanes of at least 4 members (excludes halogenated alkanes) is 1. The van der Waals surface area contributed by atoms with Gasteiger partial charge in [0.05, 0.1) is 12.2 Å². The van der Waals surface area contributed by atoms with Crippen molar-refractivity contribution < 1.29 is 9.84 Å². The van der Waals surface area contributed by atoms with Crippen molar-refractivity contribution in [3.05, 3.63) is 0 Å². The Labute approximate surface area is 75.9 Å². The van der Waals surface area contributed by atoms with Gasteiger partial charge in [-0.25, -0.2) is 0 Å². The largest absolute Gasteiger partial charge is 0.393 e. The van der Waals surface area contributed by atoms with Crippen molar-refractivity contribution >= 4 is 0 Å². The number of aliphatic hydroxyl groups excluding tert-OH is 1. The second kappa shape index (κ2) is 7.56. The first-order chi connectivity index (χ1) is 5.66. The van der Waals surface area contributed by atoms with Crippen molar-refractivity contribution in [3.63, 3.8) is 0 Å². The van der Waals surface area contributed by atoms with Crippen molar-refractivity contribution in [1.29, 1.82) is 0 Å². The second-order valence-electron chi connectivity index (χ2n) is 3.48. The van der Waals surface area contributed by atoms with E-state index < -0.39 is 0 Å². The molecule has 74 valence electrons. The first-order valence-corrected chi connectivity index (χ1v) is 4.96. The van der Waals surface area contributed by atoms with Gasteiger partial charge in [-0.05, 0) is 39.5 Å². The minimum Gasteiger partial charge on any atom is -0.393 e. The summed E-state index contributed by atoms with van der Waals surface area (Å²) in [5.74, 6) is 0. The zero-order chi connectivity index (χ0) is 9.40. The van der Waals surface area contributed by atoms with E-state index in [1.54, 1.807) is 0 Å². The number of hydrogen-bond acceptors (Lipinski definition) is 2. The Balaban J connectivity index is 3.00. The number of hydrogen-bond donors (Lipinski definition) is 1. The van der Waals surface area contributed by atoms with E-state index in [-0.39, 0.29) is 6.10 Å². The van der Waals surface area contributed by atoms with Crippen LogP contribution in [0, 0.1) is 0 Å². The predicted molar refractivity (Wildman–Crippen MR) is 51.2 cm³/mol. The summed E-state index contributed by atoms with van der Waals surface area (Å²) in [6, 6.07) is 0. The Morgan fingerprint density at radius 1 is 1.25 bits per heavy atom. The van der Waals surface area contributed by atoms with Crippen LogP contribution in [0.2, 0.25) is 0 Å². The Bertz CT molecular complexity index is 91.8. The standard InChI is InChI=1S/C10H22O2/c1-4-10(11)7-5-6-8-12-9(2)3/h9-11H,4-8H2,1-3H3/t10-/m1/s1. The van der Waals surface area contributed by atoms with Gasteiger partial charge >= 0.3 is 0 Å². The van der Waals surface area contributed by atoms with Gasteiger partial charge in [0.1, 0.15) is 0 Å². The van der Waals surface area contributed by atoms with Crippen molar-refractivity contribution in [3.8, 4) is 0 Å². The van der Waals surface area contributed by atoms with E-state index >= 15 is 0 Å². The third kappa shape index (κ3) is 8.02. The SMILES string of the molecule is CC[C@@H](O)CCCCOC(C)C. The molecule has 0 aliphatic heterocycles. The van der Waals surface area contributed by atoms with Crippen molar-refractivity contribution in [2.24, 2.45) is 0 Å². The molecule has 0 amide bonds. The molecule has 1 atom stereocenters. The highest BCUT2D eigenvalue weighted by Crippen LogP contribution is 2.04. The molecule has 0 aromatic carbocycles.